The third-order valence-corrected chi connectivity index (χ3v) is 4.46. The summed E-state index contributed by atoms with van der Waals surface area (Å²) in [5.74, 6) is 0.854. The van der Waals surface area contributed by atoms with Crippen LogP contribution in [0.15, 0.2) is 48.5 Å². The molecule has 0 bridgehead atoms. The monoisotopic (exact) mass is 394 g/mol. The zero-order valence-electron chi connectivity index (χ0n) is 15.3. The lowest BCUT2D eigenvalue weighted by Gasteiger charge is -2.19. The Labute approximate surface area is 160 Å². The zero-order valence-corrected chi connectivity index (χ0v) is 15.3. The predicted molar refractivity (Wildman–Crippen MR) is 97.0 cm³/mol. The van der Waals surface area contributed by atoms with Gasteiger partial charge in [0.05, 0.1) is 13.2 Å². The van der Waals surface area contributed by atoms with E-state index >= 15 is 0 Å². The molecule has 2 amide bonds. The molecule has 2 aromatic carbocycles. The largest absolute Gasteiger partial charge is 0.573 e. The average Bonchev–Trinajstić information content (AvgIpc) is 3.49. The van der Waals surface area contributed by atoms with Crippen LogP contribution in [0.3, 0.4) is 0 Å². The molecule has 0 aliphatic heterocycles. The van der Waals surface area contributed by atoms with Crippen molar-refractivity contribution in [1.29, 1.82) is 0 Å². The fraction of sp³-hybridized carbons (Fsp3) is 0.350. The number of amides is 2. The number of carbonyl (C=O) groups is 1. The van der Waals surface area contributed by atoms with E-state index in [0.717, 1.165) is 24.2 Å². The standard InChI is InChI=1S/C20H21F3N2O3/c1-27-16-10-6-15(7-11-16)18(14-4-5-14)25-19(26)24-12-13-2-8-17(9-3-13)28-20(21,22)23/h2-3,6-11,14,18H,4-5,12H2,1H3,(H2,24,25,26)/t18-/m0/s1. The van der Waals surface area contributed by atoms with E-state index in [-0.39, 0.29) is 24.4 Å². The van der Waals surface area contributed by atoms with E-state index < -0.39 is 6.36 Å². The van der Waals surface area contributed by atoms with Gasteiger partial charge in [0.2, 0.25) is 0 Å². The SMILES string of the molecule is COc1ccc([C@@H](NC(=O)NCc2ccc(OC(F)(F)F)cc2)C2CC2)cc1. The van der Waals surface area contributed by atoms with Crippen LogP contribution < -0.4 is 20.1 Å². The number of ether oxygens (including phenoxy) is 2. The summed E-state index contributed by atoms with van der Waals surface area (Å²) < 4.78 is 45.5. The number of carbonyl (C=O) groups excluding carboxylic acids is 1. The van der Waals surface area contributed by atoms with Crippen molar-refractivity contribution in [3.05, 3.63) is 59.7 Å². The summed E-state index contributed by atoms with van der Waals surface area (Å²) in [5, 5.41) is 5.72. The molecule has 1 aliphatic rings. The summed E-state index contributed by atoms with van der Waals surface area (Å²) in [6.07, 6.45) is -2.62. The number of methoxy groups -OCH3 is 1. The highest BCUT2D eigenvalue weighted by Crippen LogP contribution is 2.41. The van der Waals surface area contributed by atoms with Gasteiger partial charge in [0.15, 0.2) is 0 Å². The van der Waals surface area contributed by atoms with Gasteiger partial charge in [0.25, 0.3) is 0 Å². The lowest BCUT2D eigenvalue weighted by atomic mass is 10.0. The van der Waals surface area contributed by atoms with Gasteiger partial charge < -0.3 is 20.1 Å². The van der Waals surface area contributed by atoms with E-state index in [2.05, 4.69) is 15.4 Å². The normalized spacial score (nSPS) is 14.9. The number of hydrogen-bond donors (Lipinski definition) is 2. The van der Waals surface area contributed by atoms with Crippen molar-refractivity contribution in [2.24, 2.45) is 5.92 Å². The van der Waals surface area contributed by atoms with Gasteiger partial charge >= 0.3 is 12.4 Å². The van der Waals surface area contributed by atoms with Crippen LogP contribution in [0.1, 0.15) is 30.0 Å². The van der Waals surface area contributed by atoms with Crippen LogP contribution in [-0.2, 0) is 6.54 Å². The van der Waals surface area contributed by atoms with Gasteiger partial charge in [-0.2, -0.15) is 0 Å². The Bertz CT molecular complexity index is 788. The van der Waals surface area contributed by atoms with Crippen molar-refractivity contribution in [3.8, 4) is 11.5 Å². The smallest absolute Gasteiger partial charge is 0.497 e. The molecule has 0 saturated heterocycles. The summed E-state index contributed by atoms with van der Waals surface area (Å²) in [7, 11) is 1.60. The first-order valence-corrected chi connectivity index (χ1v) is 8.87. The van der Waals surface area contributed by atoms with Gasteiger partial charge in [0, 0.05) is 6.54 Å². The van der Waals surface area contributed by atoms with Gasteiger partial charge in [-0.1, -0.05) is 24.3 Å². The molecule has 1 aliphatic carbocycles. The van der Waals surface area contributed by atoms with Crippen LogP contribution in [0.25, 0.3) is 0 Å². The van der Waals surface area contributed by atoms with Gasteiger partial charge in [0.1, 0.15) is 11.5 Å². The highest BCUT2D eigenvalue weighted by molar-refractivity contribution is 5.74. The topological polar surface area (TPSA) is 59.6 Å². The molecule has 2 aromatic rings. The van der Waals surface area contributed by atoms with Gasteiger partial charge in [-0.25, -0.2) is 4.79 Å². The number of hydrogen-bond acceptors (Lipinski definition) is 3. The first-order valence-electron chi connectivity index (χ1n) is 8.87. The summed E-state index contributed by atoms with van der Waals surface area (Å²) >= 11 is 0. The molecule has 3 rings (SSSR count). The molecule has 1 fully saturated rings. The maximum absolute atomic E-state index is 12.3. The second kappa shape index (κ2) is 8.41. The fourth-order valence-electron chi connectivity index (χ4n) is 2.90. The molecule has 8 heteroatoms. The minimum atomic E-state index is -4.72. The van der Waals surface area contributed by atoms with E-state index in [1.807, 2.05) is 24.3 Å². The number of alkyl halides is 3. The van der Waals surface area contributed by atoms with Gasteiger partial charge in [-0.15, -0.1) is 13.2 Å². The van der Waals surface area contributed by atoms with E-state index in [4.69, 9.17) is 4.74 Å². The highest BCUT2D eigenvalue weighted by atomic mass is 19.4. The average molecular weight is 394 g/mol. The van der Waals surface area contributed by atoms with E-state index in [0.29, 0.717) is 11.5 Å². The third-order valence-electron chi connectivity index (χ3n) is 4.46. The maximum atomic E-state index is 12.3. The number of urea groups is 1. The highest BCUT2D eigenvalue weighted by Gasteiger charge is 2.33. The first-order chi connectivity index (χ1) is 13.3. The van der Waals surface area contributed by atoms with Crippen LogP contribution in [0.4, 0.5) is 18.0 Å². The molecule has 0 radical (unpaired) electrons. The molecule has 28 heavy (non-hydrogen) atoms. The van der Waals surface area contributed by atoms with Crippen molar-refractivity contribution in [2.75, 3.05) is 7.11 Å². The lowest BCUT2D eigenvalue weighted by Crippen LogP contribution is -2.38. The van der Waals surface area contributed by atoms with Crippen molar-refractivity contribution < 1.29 is 27.4 Å². The van der Waals surface area contributed by atoms with E-state index in [1.165, 1.54) is 24.3 Å². The lowest BCUT2D eigenvalue weighted by molar-refractivity contribution is -0.274. The quantitative estimate of drug-likeness (QED) is 0.725. The summed E-state index contributed by atoms with van der Waals surface area (Å²) in [6, 6.07) is 12.5. The first kappa shape index (κ1) is 19.9. The molecule has 2 N–H and O–H groups in total. The Kier molecular flexibility index (Phi) is 5.96. The van der Waals surface area contributed by atoms with Crippen molar-refractivity contribution in [1.82, 2.24) is 10.6 Å². The molecular formula is C20H21F3N2O3. The predicted octanol–water partition coefficient (Wildman–Crippen LogP) is 4.54. The molecule has 0 aromatic heterocycles. The van der Waals surface area contributed by atoms with Crippen molar-refractivity contribution in [2.45, 2.75) is 31.8 Å². The minimum Gasteiger partial charge on any atom is -0.497 e. The minimum absolute atomic E-state index is 0.0894. The Balaban J connectivity index is 1.53. The third kappa shape index (κ3) is 5.80. The Morgan fingerprint density at radius 3 is 2.21 bits per heavy atom. The zero-order chi connectivity index (χ0) is 20.1. The van der Waals surface area contributed by atoms with Crippen molar-refractivity contribution >= 4 is 6.03 Å². The van der Waals surface area contributed by atoms with Crippen LogP contribution in [0.5, 0.6) is 11.5 Å². The van der Waals surface area contributed by atoms with E-state index in [9.17, 15) is 18.0 Å². The molecule has 0 unspecified atom stereocenters. The Hall–Kier alpha value is -2.90. The molecule has 1 atom stereocenters. The van der Waals surface area contributed by atoms with Gasteiger partial charge in [-0.05, 0) is 54.2 Å². The number of nitrogens with one attached hydrogen (secondary N) is 2. The Morgan fingerprint density at radius 1 is 1.07 bits per heavy atom. The van der Waals surface area contributed by atoms with Crippen molar-refractivity contribution in [3.63, 3.8) is 0 Å². The number of halogens is 3. The molecule has 5 nitrogen and oxygen atoms in total. The molecule has 0 heterocycles. The van der Waals surface area contributed by atoms with E-state index in [1.54, 1.807) is 7.11 Å². The molecular weight excluding hydrogens is 373 g/mol. The maximum Gasteiger partial charge on any atom is 0.573 e. The van der Waals surface area contributed by atoms with Crippen LogP contribution in [0.2, 0.25) is 0 Å². The van der Waals surface area contributed by atoms with Crippen LogP contribution >= 0.6 is 0 Å². The Morgan fingerprint density at radius 2 is 1.68 bits per heavy atom. The fourth-order valence-corrected chi connectivity index (χ4v) is 2.90. The van der Waals surface area contributed by atoms with Gasteiger partial charge in [-0.3, -0.25) is 0 Å². The second-order valence-electron chi connectivity index (χ2n) is 6.61. The van der Waals surface area contributed by atoms with Crippen LogP contribution in [0, 0.1) is 5.92 Å². The molecule has 1 saturated carbocycles. The molecule has 0 spiro atoms. The summed E-state index contributed by atoms with van der Waals surface area (Å²) in [5.41, 5.74) is 1.67. The molecule has 150 valence electrons. The second-order valence-corrected chi connectivity index (χ2v) is 6.61. The summed E-state index contributed by atoms with van der Waals surface area (Å²) in [4.78, 5) is 12.3. The number of benzene rings is 2. The number of rotatable bonds is 7. The summed E-state index contributed by atoms with van der Waals surface area (Å²) in [6.45, 7) is 0.193. The van der Waals surface area contributed by atoms with Crippen LogP contribution in [-0.4, -0.2) is 19.5 Å².